The minimum atomic E-state index is -0.432. The van der Waals surface area contributed by atoms with Crippen molar-refractivity contribution in [1.82, 2.24) is 4.98 Å². The Morgan fingerprint density at radius 2 is 1.86 bits per heavy atom. The maximum atomic E-state index is 6.13. The molecule has 5 nitrogen and oxygen atoms in total. The van der Waals surface area contributed by atoms with Crippen molar-refractivity contribution >= 4 is 18.4 Å². The number of rotatable bonds is 4. The van der Waals surface area contributed by atoms with Gasteiger partial charge in [0.15, 0.2) is 0 Å². The average molecular weight is 290 g/mol. The van der Waals surface area contributed by atoms with Crippen LogP contribution in [-0.4, -0.2) is 36.5 Å². The molecular formula is C15H23BN2O3. The molecule has 0 bridgehead atoms. The van der Waals surface area contributed by atoms with Crippen LogP contribution in [0.3, 0.4) is 0 Å². The quantitative estimate of drug-likeness (QED) is 0.859. The first kappa shape index (κ1) is 14.7. The van der Waals surface area contributed by atoms with Gasteiger partial charge in [-0.1, -0.05) is 0 Å². The Balaban J connectivity index is 1.92. The van der Waals surface area contributed by atoms with Crippen LogP contribution >= 0.6 is 0 Å². The zero-order valence-electron chi connectivity index (χ0n) is 13.4. The molecular weight excluding hydrogens is 267 g/mol. The van der Waals surface area contributed by atoms with E-state index in [0.717, 1.165) is 29.9 Å². The van der Waals surface area contributed by atoms with Crippen LogP contribution in [-0.2, 0) is 9.31 Å². The summed E-state index contributed by atoms with van der Waals surface area (Å²) in [5.74, 6) is 1.54. The summed E-state index contributed by atoms with van der Waals surface area (Å²) in [6.07, 6.45) is 4.28. The fraction of sp³-hybridized carbons (Fsp3) is 0.667. The van der Waals surface area contributed by atoms with Crippen LogP contribution in [0.2, 0.25) is 0 Å². The lowest BCUT2D eigenvalue weighted by molar-refractivity contribution is 0.00578. The van der Waals surface area contributed by atoms with Crippen molar-refractivity contribution in [1.29, 1.82) is 0 Å². The lowest BCUT2D eigenvalue weighted by atomic mass is 9.79. The van der Waals surface area contributed by atoms with Crippen molar-refractivity contribution in [2.24, 2.45) is 0 Å². The fourth-order valence-corrected chi connectivity index (χ4v) is 2.21. The highest BCUT2D eigenvalue weighted by Gasteiger charge is 2.52. The van der Waals surface area contributed by atoms with Gasteiger partial charge in [-0.15, -0.1) is 0 Å². The molecule has 3 rings (SSSR count). The highest BCUT2D eigenvalue weighted by atomic mass is 16.7. The third kappa shape index (κ3) is 2.74. The Hall–Kier alpha value is -1.27. The largest absolute Gasteiger partial charge is 0.498 e. The van der Waals surface area contributed by atoms with E-state index in [4.69, 9.17) is 14.0 Å². The van der Waals surface area contributed by atoms with Crippen molar-refractivity contribution in [3.05, 3.63) is 12.3 Å². The molecule has 0 amide bonds. The van der Waals surface area contributed by atoms with Gasteiger partial charge in [0, 0.05) is 12.5 Å². The van der Waals surface area contributed by atoms with Gasteiger partial charge in [0.25, 0.3) is 0 Å². The van der Waals surface area contributed by atoms with E-state index in [1.165, 1.54) is 0 Å². The summed E-state index contributed by atoms with van der Waals surface area (Å²) in [5, 5.41) is 3.05. The number of aromatic nitrogens is 1. The summed E-state index contributed by atoms with van der Waals surface area (Å²) < 4.78 is 18.2. The molecule has 114 valence electrons. The SMILES string of the molecule is CNc1cc(B2OC(C)(C)C(C)(C)O2)c(OC2CC2)cn1. The van der Waals surface area contributed by atoms with Gasteiger partial charge in [0.05, 0.1) is 23.5 Å². The summed E-state index contributed by atoms with van der Waals surface area (Å²) >= 11 is 0. The number of pyridine rings is 1. The fourth-order valence-electron chi connectivity index (χ4n) is 2.21. The average Bonchev–Trinajstić information content (AvgIpc) is 3.18. The molecule has 0 aromatic carbocycles. The molecule has 6 heteroatoms. The van der Waals surface area contributed by atoms with Crippen LogP contribution in [0.25, 0.3) is 0 Å². The van der Waals surface area contributed by atoms with Crippen molar-refractivity contribution in [3.63, 3.8) is 0 Å². The number of hydrogen-bond donors (Lipinski definition) is 1. The van der Waals surface area contributed by atoms with Gasteiger partial charge in [0.2, 0.25) is 0 Å². The molecule has 0 unspecified atom stereocenters. The number of anilines is 1. The first-order valence-corrected chi connectivity index (χ1v) is 7.52. The summed E-state index contributed by atoms with van der Waals surface area (Å²) in [5.41, 5.74) is 0.176. The van der Waals surface area contributed by atoms with Crippen LogP contribution in [0.5, 0.6) is 5.75 Å². The van der Waals surface area contributed by atoms with Crippen molar-refractivity contribution in [2.75, 3.05) is 12.4 Å². The zero-order valence-corrected chi connectivity index (χ0v) is 13.4. The van der Waals surface area contributed by atoms with Crippen molar-refractivity contribution in [3.8, 4) is 5.75 Å². The van der Waals surface area contributed by atoms with E-state index in [0.29, 0.717) is 6.10 Å². The molecule has 0 radical (unpaired) electrons. The van der Waals surface area contributed by atoms with Crippen molar-refractivity contribution < 1.29 is 14.0 Å². The third-order valence-corrected chi connectivity index (χ3v) is 4.48. The van der Waals surface area contributed by atoms with Crippen LogP contribution in [0.4, 0.5) is 5.82 Å². The predicted molar refractivity (Wildman–Crippen MR) is 83.1 cm³/mol. The van der Waals surface area contributed by atoms with Gasteiger partial charge in [-0.25, -0.2) is 4.98 Å². The van der Waals surface area contributed by atoms with Gasteiger partial charge in [0.1, 0.15) is 11.6 Å². The zero-order chi connectivity index (χ0) is 15.3. The second-order valence-electron chi connectivity index (χ2n) is 6.76. The molecule has 0 atom stereocenters. The number of hydrogen-bond acceptors (Lipinski definition) is 5. The molecule has 1 aliphatic heterocycles. The van der Waals surface area contributed by atoms with E-state index in [1.807, 2.05) is 13.1 Å². The van der Waals surface area contributed by atoms with Crippen molar-refractivity contribution in [2.45, 2.75) is 57.8 Å². The highest BCUT2D eigenvalue weighted by molar-refractivity contribution is 6.63. The minimum absolute atomic E-state index is 0.313. The molecule has 2 aliphatic rings. The Kier molecular flexibility index (Phi) is 3.41. The normalized spacial score (nSPS) is 23.2. The lowest BCUT2D eigenvalue weighted by Gasteiger charge is -2.32. The minimum Gasteiger partial charge on any atom is -0.489 e. The first-order chi connectivity index (χ1) is 9.82. The van der Waals surface area contributed by atoms with E-state index in [-0.39, 0.29) is 11.2 Å². The van der Waals surface area contributed by atoms with Gasteiger partial charge in [-0.05, 0) is 46.6 Å². The van der Waals surface area contributed by atoms with Crippen LogP contribution < -0.4 is 15.5 Å². The number of ether oxygens (including phenoxy) is 1. The van der Waals surface area contributed by atoms with Crippen LogP contribution in [0.1, 0.15) is 40.5 Å². The van der Waals surface area contributed by atoms with Gasteiger partial charge < -0.3 is 19.4 Å². The van der Waals surface area contributed by atoms with E-state index in [1.54, 1.807) is 6.20 Å². The Labute approximate surface area is 126 Å². The molecule has 21 heavy (non-hydrogen) atoms. The first-order valence-electron chi connectivity index (χ1n) is 7.52. The Morgan fingerprint density at radius 1 is 1.24 bits per heavy atom. The maximum absolute atomic E-state index is 6.13. The summed E-state index contributed by atoms with van der Waals surface area (Å²) in [7, 11) is 1.41. The van der Waals surface area contributed by atoms with E-state index in [9.17, 15) is 0 Å². The number of nitrogens with zero attached hydrogens (tertiary/aromatic N) is 1. The summed E-state index contributed by atoms with van der Waals surface area (Å²) in [4.78, 5) is 4.34. The smallest absolute Gasteiger partial charge is 0.489 e. The topological polar surface area (TPSA) is 52.6 Å². The summed E-state index contributed by atoms with van der Waals surface area (Å²) in [6.45, 7) is 8.20. The Bertz CT molecular complexity index is 528. The summed E-state index contributed by atoms with van der Waals surface area (Å²) in [6, 6.07) is 1.94. The van der Waals surface area contributed by atoms with E-state index >= 15 is 0 Å². The second kappa shape index (κ2) is 4.88. The standard InChI is InChI=1S/C15H23BN2O3/c1-14(2)15(3,4)21-16(20-14)11-8-13(17-5)18-9-12(11)19-10-6-7-10/h8-10H,6-7H2,1-5H3,(H,17,18). The van der Waals surface area contributed by atoms with Gasteiger partial charge >= 0.3 is 7.12 Å². The van der Waals surface area contributed by atoms with Crippen LogP contribution in [0, 0.1) is 0 Å². The molecule has 1 aliphatic carbocycles. The molecule has 0 spiro atoms. The predicted octanol–water partition coefficient (Wildman–Crippen LogP) is 1.96. The molecule has 1 saturated carbocycles. The maximum Gasteiger partial charge on any atom is 0.498 e. The highest BCUT2D eigenvalue weighted by Crippen LogP contribution is 2.37. The second-order valence-corrected chi connectivity index (χ2v) is 6.76. The molecule has 1 saturated heterocycles. The molecule has 2 heterocycles. The van der Waals surface area contributed by atoms with Gasteiger partial charge in [-0.3, -0.25) is 0 Å². The monoisotopic (exact) mass is 290 g/mol. The molecule has 2 fully saturated rings. The van der Waals surface area contributed by atoms with Crippen LogP contribution in [0.15, 0.2) is 12.3 Å². The number of nitrogens with one attached hydrogen (secondary N) is 1. The molecule has 1 N–H and O–H groups in total. The Morgan fingerprint density at radius 3 is 2.38 bits per heavy atom. The lowest BCUT2D eigenvalue weighted by Crippen LogP contribution is -2.41. The molecule has 1 aromatic heterocycles. The van der Waals surface area contributed by atoms with E-state index in [2.05, 4.69) is 38.0 Å². The third-order valence-electron chi connectivity index (χ3n) is 4.48. The van der Waals surface area contributed by atoms with E-state index < -0.39 is 7.12 Å². The van der Waals surface area contributed by atoms with Gasteiger partial charge in [-0.2, -0.15) is 0 Å². The molecule has 1 aromatic rings.